The van der Waals surface area contributed by atoms with Gasteiger partial charge in [-0.05, 0) is 51.0 Å². The zero-order valence-corrected chi connectivity index (χ0v) is 15.0. The number of nitrogens with one attached hydrogen (secondary N) is 1. The highest BCUT2D eigenvalue weighted by molar-refractivity contribution is 6.13. The van der Waals surface area contributed by atoms with E-state index < -0.39 is 0 Å². The van der Waals surface area contributed by atoms with Gasteiger partial charge in [0.05, 0.1) is 6.54 Å². The summed E-state index contributed by atoms with van der Waals surface area (Å²) >= 11 is 0. The molecule has 5 nitrogen and oxygen atoms in total. The first-order valence-corrected chi connectivity index (χ1v) is 8.43. The van der Waals surface area contributed by atoms with Crippen LogP contribution in [0, 0.1) is 13.8 Å². The number of imide groups is 1. The van der Waals surface area contributed by atoms with E-state index >= 15 is 0 Å². The van der Waals surface area contributed by atoms with Crippen LogP contribution in [0.5, 0.6) is 0 Å². The van der Waals surface area contributed by atoms with E-state index in [-0.39, 0.29) is 18.5 Å². The number of carbonyl (C=O) groups is 2. The first-order valence-electron chi connectivity index (χ1n) is 8.43. The summed E-state index contributed by atoms with van der Waals surface area (Å²) in [6.45, 7) is 8.52. The van der Waals surface area contributed by atoms with Gasteiger partial charge in [-0.1, -0.05) is 29.8 Å². The molecule has 130 valence electrons. The Kier molecular flexibility index (Phi) is 4.49. The number of aryl methyl sites for hydroxylation is 2. The highest BCUT2D eigenvalue weighted by Crippen LogP contribution is 2.20. The number of hydrogen-bond donors (Lipinski definition) is 1. The summed E-state index contributed by atoms with van der Waals surface area (Å²) in [7, 11) is 0. The van der Waals surface area contributed by atoms with Crippen LogP contribution in [0.15, 0.2) is 42.2 Å². The fourth-order valence-electron chi connectivity index (χ4n) is 3.01. The van der Waals surface area contributed by atoms with Gasteiger partial charge in [0.25, 0.3) is 5.91 Å². The maximum Gasteiger partial charge on any atom is 0.329 e. The predicted molar refractivity (Wildman–Crippen MR) is 97.8 cm³/mol. The van der Waals surface area contributed by atoms with Gasteiger partial charge in [-0.25, -0.2) is 4.79 Å². The minimum atomic E-state index is -0.378. The van der Waals surface area contributed by atoms with Crippen molar-refractivity contribution in [2.75, 3.05) is 0 Å². The predicted octanol–water partition coefficient (Wildman–Crippen LogP) is 3.78. The molecule has 5 heteroatoms. The Hall–Kier alpha value is -2.82. The Morgan fingerprint density at radius 2 is 1.80 bits per heavy atom. The van der Waals surface area contributed by atoms with Crippen molar-refractivity contribution in [3.8, 4) is 0 Å². The van der Waals surface area contributed by atoms with Crippen molar-refractivity contribution in [2.45, 2.75) is 40.3 Å². The molecule has 1 N–H and O–H groups in total. The van der Waals surface area contributed by atoms with Crippen molar-refractivity contribution in [1.82, 2.24) is 14.8 Å². The zero-order chi connectivity index (χ0) is 18.1. The molecule has 3 amide bonds. The van der Waals surface area contributed by atoms with Crippen LogP contribution in [0.25, 0.3) is 6.08 Å². The lowest BCUT2D eigenvalue weighted by molar-refractivity contribution is -0.123. The number of nitrogens with zero attached hydrogens (tertiary/aromatic N) is 2. The van der Waals surface area contributed by atoms with E-state index in [0.29, 0.717) is 11.7 Å². The summed E-state index contributed by atoms with van der Waals surface area (Å²) in [5.74, 6) is -0.291. The highest BCUT2D eigenvalue weighted by Gasteiger charge is 2.33. The molecule has 1 saturated heterocycles. The Morgan fingerprint density at radius 1 is 1.12 bits per heavy atom. The zero-order valence-electron chi connectivity index (χ0n) is 15.0. The van der Waals surface area contributed by atoms with Crippen molar-refractivity contribution >= 4 is 18.0 Å². The van der Waals surface area contributed by atoms with E-state index in [9.17, 15) is 9.59 Å². The molecule has 3 rings (SSSR count). The molecule has 0 spiro atoms. The van der Waals surface area contributed by atoms with Gasteiger partial charge in [-0.2, -0.15) is 0 Å². The molecule has 1 aliphatic heterocycles. The van der Waals surface area contributed by atoms with E-state index in [4.69, 9.17) is 0 Å². The van der Waals surface area contributed by atoms with Crippen molar-refractivity contribution in [3.63, 3.8) is 0 Å². The number of hydrogen-bond acceptors (Lipinski definition) is 2. The Labute approximate surface area is 147 Å². The van der Waals surface area contributed by atoms with E-state index in [1.807, 2.05) is 50.4 Å². The lowest BCUT2D eigenvalue weighted by Crippen LogP contribution is -2.30. The topological polar surface area (TPSA) is 54.3 Å². The summed E-state index contributed by atoms with van der Waals surface area (Å²) in [6, 6.07) is 9.79. The van der Waals surface area contributed by atoms with Crippen LogP contribution < -0.4 is 5.32 Å². The van der Waals surface area contributed by atoms with Gasteiger partial charge in [0.15, 0.2) is 0 Å². The largest absolute Gasteiger partial charge is 0.349 e. The van der Waals surface area contributed by atoms with Gasteiger partial charge in [-0.3, -0.25) is 9.69 Å². The molecule has 2 aromatic rings. The second-order valence-electron chi connectivity index (χ2n) is 6.78. The average Bonchev–Trinajstić information content (AvgIpc) is 3.04. The average molecular weight is 337 g/mol. The maximum absolute atomic E-state index is 12.6. The molecule has 0 unspecified atom stereocenters. The van der Waals surface area contributed by atoms with Gasteiger partial charge in [0, 0.05) is 17.9 Å². The van der Waals surface area contributed by atoms with Crippen molar-refractivity contribution in [1.29, 1.82) is 0 Å². The molecule has 1 aliphatic rings. The van der Waals surface area contributed by atoms with Crippen LogP contribution in [-0.2, 0) is 11.3 Å². The molecule has 0 bridgehead atoms. The molecule has 25 heavy (non-hydrogen) atoms. The van der Waals surface area contributed by atoms with E-state index in [1.165, 1.54) is 4.90 Å². The fraction of sp³-hybridized carbons (Fsp3) is 0.300. The lowest BCUT2D eigenvalue weighted by Gasteiger charge is -2.11. The minimum Gasteiger partial charge on any atom is -0.349 e. The van der Waals surface area contributed by atoms with E-state index in [1.54, 1.807) is 6.08 Å². The lowest BCUT2D eigenvalue weighted by atomic mass is 10.1. The Morgan fingerprint density at radius 3 is 2.40 bits per heavy atom. The van der Waals surface area contributed by atoms with Crippen LogP contribution in [0.1, 0.15) is 42.3 Å². The van der Waals surface area contributed by atoms with Crippen LogP contribution >= 0.6 is 0 Å². The molecule has 2 heterocycles. The monoisotopic (exact) mass is 337 g/mol. The number of urea groups is 1. The number of aromatic nitrogens is 1. The molecular weight excluding hydrogens is 314 g/mol. The molecule has 0 saturated carbocycles. The highest BCUT2D eigenvalue weighted by atomic mass is 16.2. The summed E-state index contributed by atoms with van der Waals surface area (Å²) in [5.41, 5.74) is 4.42. The summed E-state index contributed by atoms with van der Waals surface area (Å²) < 4.78 is 2.14. The summed E-state index contributed by atoms with van der Waals surface area (Å²) in [4.78, 5) is 26.0. The maximum atomic E-state index is 12.6. The van der Waals surface area contributed by atoms with Crippen LogP contribution in [0.4, 0.5) is 4.79 Å². The van der Waals surface area contributed by atoms with Crippen molar-refractivity contribution in [2.24, 2.45) is 0 Å². The first kappa shape index (κ1) is 17.0. The Bertz CT molecular complexity index is 844. The van der Waals surface area contributed by atoms with Crippen molar-refractivity contribution in [3.05, 3.63) is 64.6 Å². The van der Waals surface area contributed by atoms with Gasteiger partial charge in [-0.15, -0.1) is 0 Å². The van der Waals surface area contributed by atoms with Crippen LogP contribution in [0.3, 0.4) is 0 Å². The number of rotatable bonds is 4. The SMILES string of the molecule is Cc1ccc(CN2C(=O)N/C(=C/c3cc(C)n(C(C)C)c3)C2=O)cc1. The van der Waals surface area contributed by atoms with E-state index in [2.05, 4.69) is 23.7 Å². The number of benzene rings is 1. The normalized spacial score (nSPS) is 16.2. The molecule has 0 aliphatic carbocycles. The fourth-order valence-corrected chi connectivity index (χ4v) is 3.01. The molecule has 1 aromatic carbocycles. The molecule has 0 radical (unpaired) electrons. The molecular formula is C20H23N3O2. The van der Waals surface area contributed by atoms with Crippen molar-refractivity contribution < 1.29 is 9.59 Å². The van der Waals surface area contributed by atoms with Gasteiger partial charge >= 0.3 is 6.03 Å². The number of carbonyl (C=O) groups excluding carboxylic acids is 2. The first-order chi connectivity index (χ1) is 11.8. The molecule has 1 aromatic heterocycles. The van der Waals surface area contributed by atoms with Gasteiger partial charge in [0.2, 0.25) is 0 Å². The third-order valence-electron chi connectivity index (χ3n) is 4.36. The standard InChI is InChI=1S/C20H23N3O2/c1-13(2)22-12-17(9-15(22)4)10-18-19(24)23(20(25)21-18)11-16-7-5-14(3)6-8-16/h5-10,12-13H,11H2,1-4H3,(H,21,25)/b18-10+. The van der Waals surface area contributed by atoms with Gasteiger partial charge < -0.3 is 9.88 Å². The third-order valence-corrected chi connectivity index (χ3v) is 4.36. The molecule has 1 fully saturated rings. The Balaban J connectivity index is 1.80. The van der Waals surface area contributed by atoms with E-state index in [0.717, 1.165) is 22.4 Å². The molecule has 0 atom stereocenters. The van der Waals surface area contributed by atoms with Gasteiger partial charge in [0.1, 0.15) is 5.70 Å². The number of amides is 3. The summed E-state index contributed by atoms with van der Waals surface area (Å²) in [5, 5.41) is 2.68. The minimum absolute atomic E-state index is 0.272. The van der Waals surface area contributed by atoms with Crippen LogP contribution in [0.2, 0.25) is 0 Å². The smallest absolute Gasteiger partial charge is 0.329 e. The summed E-state index contributed by atoms with van der Waals surface area (Å²) in [6.07, 6.45) is 3.73. The second kappa shape index (κ2) is 6.59. The van der Waals surface area contributed by atoms with Crippen LogP contribution in [-0.4, -0.2) is 21.4 Å². The third kappa shape index (κ3) is 3.50. The quantitative estimate of drug-likeness (QED) is 0.682. The second-order valence-corrected chi connectivity index (χ2v) is 6.78.